The van der Waals surface area contributed by atoms with Crippen LogP contribution >= 0.6 is 0 Å². The van der Waals surface area contributed by atoms with Crippen molar-refractivity contribution >= 4 is 12.1 Å². The lowest BCUT2D eigenvalue weighted by atomic mass is 9.94. The molecular weight excluding hydrogens is 503 g/mol. The monoisotopic (exact) mass is 539 g/mol. The summed E-state index contributed by atoms with van der Waals surface area (Å²) in [4.78, 5) is 33.9. The van der Waals surface area contributed by atoms with Crippen molar-refractivity contribution in [1.82, 2.24) is 14.9 Å². The number of hydrogen-bond donors (Lipinski definition) is 0. The van der Waals surface area contributed by atoms with Crippen molar-refractivity contribution in [2.45, 2.75) is 72.3 Å². The molecule has 0 unspecified atom stereocenters. The minimum Gasteiger partial charge on any atom is -0.476 e. The topological polar surface area (TPSA) is 90.8 Å². The summed E-state index contributed by atoms with van der Waals surface area (Å²) in [6, 6.07) is 7.89. The zero-order valence-electron chi connectivity index (χ0n) is 22.7. The van der Waals surface area contributed by atoms with E-state index in [1.54, 1.807) is 31.9 Å². The minimum absolute atomic E-state index is 0.331. The molecule has 8 nitrogen and oxygen atoms in total. The highest BCUT2D eigenvalue weighted by Gasteiger charge is 2.38. The molecule has 210 valence electrons. The smallest absolute Gasteiger partial charge is 0.421 e. The molecule has 38 heavy (non-hydrogen) atoms. The van der Waals surface area contributed by atoms with E-state index in [0.29, 0.717) is 25.9 Å². The summed E-state index contributed by atoms with van der Waals surface area (Å²) in [5.74, 6) is -1.17. The van der Waals surface area contributed by atoms with E-state index in [0.717, 1.165) is 11.8 Å². The van der Waals surface area contributed by atoms with Gasteiger partial charge in [-0.2, -0.15) is 13.2 Å². The second kappa shape index (κ2) is 12.9. The van der Waals surface area contributed by atoms with Gasteiger partial charge in [0.25, 0.3) is 0 Å². The fraction of sp³-hybridized carbons (Fsp3) is 0.556. The highest BCUT2D eigenvalue weighted by Crippen LogP contribution is 2.35. The van der Waals surface area contributed by atoms with E-state index in [1.807, 2.05) is 25.1 Å². The molecule has 1 aliphatic rings. The molecular formula is C27H36F3N3O5. The third-order valence-corrected chi connectivity index (χ3v) is 5.38. The fourth-order valence-electron chi connectivity index (χ4n) is 3.27. The molecule has 1 amide bonds. The maximum Gasteiger partial charge on any atom is 0.421 e. The van der Waals surface area contributed by atoms with E-state index in [-0.39, 0.29) is 6.61 Å². The van der Waals surface area contributed by atoms with Crippen LogP contribution in [0, 0.1) is 12.3 Å². The number of hydrogen-bond acceptors (Lipinski definition) is 7. The third kappa shape index (κ3) is 10.2. The number of aromatic nitrogens is 2. The van der Waals surface area contributed by atoms with Gasteiger partial charge in [-0.3, -0.25) is 9.78 Å². The first-order valence-corrected chi connectivity index (χ1v) is 12.3. The number of halogens is 3. The van der Waals surface area contributed by atoms with Crippen LogP contribution in [0.25, 0.3) is 0 Å². The predicted octanol–water partition coefficient (Wildman–Crippen LogP) is 5.84. The summed E-state index contributed by atoms with van der Waals surface area (Å²) in [7, 11) is 0. The third-order valence-electron chi connectivity index (χ3n) is 5.38. The largest absolute Gasteiger partial charge is 0.476 e. The van der Waals surface area contributed by atoms with Gasteiger partial charge in [-0.15, -0.1) is 0 Å². The van der Waals surface area contributed by atoms with Crippen LogP contribution in [-0.4, -0.2) is 58.3 Å². The van der Waals surface area contributed by atoms with Crippen molar-refractivity contribution in [3.63, 3.8) is 0 Å². The molecule has 11 heteroatoms. The van der Waals surface area contributed by atoms with E-state index in [2.05, 4.69) is 9.97 Å². The number of carbonyl (C=O) groups excluding carboxylic acids is 2. The molecule has 3 rings (SSSR count). The summed E-state index contributed by atoms with van der Waals surface area (Å²) in [5.41, 5.74) is -1.72. The molecule has 0 N–H and O–H groups in total. The highest BCUT2D eigenvalue weighted by molar-refractivity contribution is 5.76. The number of amides is 1. The van der Waals surface area contributed by atoms with Gasteiger partial charge in [0.1, 0.15) is 23.9 Å². The second-order valence-electron chi connectivity index (χ2n) is 10.6. The van der Waals surface area contributed by atoms with Crippen molar-refractivity contribution < 1.29 is 37.0 Å². The Bertz CT molecular complexity index is 1050. The SMILES string of the molecule is CC(C)(C)OC(=O)N1CCC(OC(=O)C(C)(C)COc2ncccc2C(F)(F)F)CC1.Cc1ccccn1. The molecule has 0 radical (unpaired) electrons. The summed E-state index contributed by atoms with van der Waals surface area (Å²) in [6.45, 7) is 10.8. The number of ether oxygens (including phenoxy) is 3. The second-order valence-corrected chi connectivity index (χ2v) is 10.6. The summed E-state index contributed by atoms with van der Waals surface area (Å²) >= 11 is 0. The normalized spacial score (nSPS) is 14.7. The molecule has 2 aromatic heterocycles. The van der Waals surface area contributed by atoms with E-state index < -0.39 is 46.8 Å². The van der Waals surface area contributed by atoms with Gasteiger partial charge in [0.05, 0.1) is 5.41 Å². The van der Waals surface area contributed by atoms with Gasteiger partial charge in [0, 0.05) is 44.0 Å². The first-order valence-electron chi connectivity index (χ1n) is 12.3. The standard InChI is InChI=1S/C21H29F3N2O5.C6H7N/c1-19(2,3)31-18(28)26-11-8-14(9-12-26)30-17(27)20(4,5)13-29-16-15(21(22,23)24)7-6-10-25-16;1-6-4-2-3-5-7-6/h6-7,10,14H,8-9,11-13H2,1-5H3;2-5H,1H3. The van der Waals surface area contributed by atoms with Crippen LogP contribution in [0.3, 0.4) is 0 Å². The van der Waals surface area contributed by atoms with Crippen LogP contribution in [0.5, 0.6) is 5.88 Å². The molecule has 0 atom stereocenters. The van der Waals surface area contributed by atoms with Crippen molar-refractivity contribution in [2.75, 3.05) is 19.7 Å². The fourth-order valence-corrected chi connectivity index (χ4v) is 3.27. The Hall–Kier alpha value is -3.37. The average molecular weight is 540 g/mol. The van der Waals surface area contributed by atoms with Crippen molar-refractivity contribution in [2.24, 2.45) is 5.41 Å². The van der Waals surface area contributed by atoms with E-state index in [9.17, 15) is 22.8 Å². The molecule has 0 bridgehead atoms. The Kier molecular flexibility index (Phi) is 10.5. The first-order chi connectivity index (χ1) is 17.6. The molecule has 0 aromatic carbocycles. The zero-order chi connectivity index (χ0) is 28.6. The van der Waals surface area contributed by atoms with Crippen LogP contribution in [0.2, 0.25) is 0 Å². The Morgan fingerprint density at radius 1 is 0.974 bits per heavy atom. The van der Waals surface area contributed by atoms with Gasteiger partial charge in [-0.05, 0) is 65.8 Å². The lowest BCUT2D eigenvalue weighted by molar-refractivity contribution is -0.163. The van der Waals surface area contributed by atoms with Gasteiger partial charge in [0.15, 0.2) is 0 Å². The van der Waals surface area contributed by atoms with Gasteiger partial charge >= 0.3 is 18.2 Å². The highest BCUT2D eigenvalue weighted by atomic mass is 19.4. The molecule has 2 aromatic rings. The molecule has 0 spiro atoms. The Morgan fingerprint density at radius 2 is 1.61 bits per heavy atom. The molecule has 1 fully saturated rings. The van der Waals surface area contributed by atoms with Crippen LogP contribution in [0.15, 0.2) is 42.7 Å². The van der Waals surface area contributed by atoms with Crippen LogP contribution in [0.4, 0.5) is 18.0 Å². The number of piperidine rings is 1. The predicted molar refractivity (Wildman–Crippen MR) is 134 cm³/mol. The lowest BCUT2D eigenvalue weighted by Gasteiger charge is -2.34. The molecule has 1 aliphatic heterocycles. The van der Waals surface area contributed by atoms with Crippen molar-refractivity contribution in [3.8, 4) is 5.88 Å². The maximum atomic E-state index is 13.1. The minimum atomic E-state index is -4.61. The van der Waals surface area contributed by atoms with E-state index in [1.165, 1.54) is 26.1 Å². The molecule has 1 saturated heterocycles. The first kappa shape index (κ1) is 30.9. The number of esters is 1. The van der Waals surface area contributed by atoms with Gasteiger partial charge in [0.2, 0.25) is 5.88 Å². The van der Waals surface area contributed by atoms with Gasteiger partial charge in [-0.25, -0.2) is 9.78 Å². The lowest BCUT2D eigenvalue weighted by Crippen LogP contribution is -2.45. The van der Waals surface area contributed by atoms with E-state index >= 15 is 0 Å². The number of alkyl halides is 3. The Labute approximate surface area is 221 Å². The van der Waals surface area contributed by atoms with Gasteiger partial charge < -0.3 is 19.1 Å². The van der Waals surface area contributed by atoms with Crippen molar-refractivity contribution in [3.05, 3.63) is 54.0 Å². The summed E-state index contributed by atoms with van der Waals surface area (Å²) in [5, 5.41) is 0. The summed E-state index contributed by atoms with van der Waals surface area (Å²) < 4.78 is 55.3. The van der Waals surface area contributed by atoms with Gasteiger partial charge in [-0.1, -0.05) is 6.07 Å². The Balaban J connectivity index is 0.000000624. The quantitative estimate of drug-likeness (QED) is 0.441. The average Bonchev–Trinajstić information content (AvgIpc) is 2.82. The number of aryl methyl sites for hydroxylation is 1. The summed E-state index contributed by atoms with van der Waals surface area (Å²) in [6.07, 6.45) is -1.56. The number of rotatable bonds is 5. The number of nitrogens with zero attached hydrogens (tertiary/aromatic N) is 3. The number of likely N-dealkylation sites (tertiary alicyclic amines) is 1. The van der Waals surface area contributed by atoms with Crippen molar-refractivity contribution in [1.29, 1.82) is 0 Å². The van der Waals surface area contributed by atoms with E-state index in [4.69, 9.17) is 14.2 Å². The number of carbonyl (C=O) groups is 2. The molecule has 0 saturated carbocycles. The number of pyridine rings is 2. The van der Waals surface area contributed by atoms with Crippen LogP contribution in [-0.2, 0) is 20.4 Å². The maximum absolute atomic E-state index is 13.1. The zero-order valence-corrected chi connectivity index (χ0v) is 22.7. The molecule has 3 heterocycles. The van der Waals surface area contributed by atoms with Crippen LogP contribution < -0.4 is 4.74 Å². The van der Waals surface area contributed by atoms with Crippen LogP contribution in [0.1, 0.15) is 58.7 Å². The molecule has 0 aliphatic carbocycles. The Morgan fingerprint density at radius 3 is 2.11 bits per heavy atom.